The molecule has 0 bridgehead atoms. The summed E-state index contributed by atoms with van der Waals surface area (Å²) in [5.74, 6) is 1.50. The normalized spacial score (nSPS) is 12.6. The molecule has 0 amide bonds. The monoisotopic (exact) mass is 239 g/mol. The van der Waals surface area contributed by atoms with E-state index in [1.54, 1.807) is 14.2 Å². The second kappa shape index (κ2) is 6.47. The van der Waals surface area contributed by atoms with Crippen LogP contribution in [0.25, 0.3) is 0 Å². The lowest BCUT2D eigenvalue weighted by Gasteiger charge is -2.22. The average molecular weight is 239 g/mol. The van der Waals surface area contributed by atoms with Crippen LogP contribution in [0.1, 0.15) is 25.5 Å². The molecule has 96 valence electrons. The van der Waals surface area contributed by atoms with E-state index in [2.05, 4.69) is 5.32 Å². The van der Waals surface area contributed by atoms with Gasteiger partial charge in [0.15, 0.2) is 0 Å². The van der Waals surface area contributed by atoms with Crippen LogP contribution in [0.3, 0.4) is 0 Å². The van der Waals surface area contributed by atoms with Crippen LogP contribution in [0.5, 0.6) is 11.5 Å². The van der Waals surface area contributed by atoms with E-state index in [9.17, 15) is 5.11 Å². The third-order valence-electron chi connectivity index (χ3n) is 2.53. The Morgan fingerprint density at radius 2 is 1.94 bits per heavy atom. The zero-order valence-electron chi connectivity index (χ0n) is 10.9. The van der Waals surface area contributed by atoms with Crippen molar-refractivity contribution < 1.29 is 14.6 Å². The van der Waals surface area contributed by atoms with Crippen molar-refractivity contribution in [3.05, 3.63) is 23.8 Å². The Kier molecular flexibility index (Phi) is 5.25. The maximum absolute atomic E-state index is 9.45. The fourth-order valence-corrected chi connectivity index (χ4v) is 1.75. The van der Waals surface area contributed by atoms with Crippen LogP contribution in [0, 0.1) is 0 Å². The lowest BCUT2D eigenvalue weighted by atomic mass is 10.0. The average Bonchev–Trinajstić information content (AvgIpc) is 2.34. The highest BCUT2D eigenvalue weighted by molar-refractivity contribution is 5.42. The number of rotatable bonds is 6. The number of aliphatic hydroxyl groups excluding tert-OH is 1. The molecular formula is C13H21NO3. The molecule has 0 aliphatic heterocycles. The van der Waals surface area contributed by atoms with Crippen molar-refractivity contribution in [1.82, 2.24) is 5.32 Å². The van der Waals surface area contributed by atoms with Crippen LogP contribution in [0.4, 0.5) is 0 Å². The fourth-order valence-electron chi connectivity index (χ4n) is 1.75. The van der Waals surface area contributed by atoms with Crippen molar-refractivity contribution in [1.29, 1.82) is 0 Å². The summed E-state index contributed by atoms with van der Waals surface area (Å²) in [5.41, 5.74) is 0.906. The number of hydrogen-bond acceptors (Lipinski definition) is 4. The van der Waals surface area contributed by atoms with Gasteiger partial charge in [-0.1, -0.05) is 13.8 Å². The predicted molar refractivity (Wildman–Crippen MR) is 67.6 cm³/mol. The van der Waals surface area contributed by atoms with E-state index in [4.69, 9.17) is 9.47 Å². The number of benzene rings is 1. The third kappa shape index (κ3) is 3.61. The molecule has 0 heterocycles. The van der Waals surface area contributed by atoms with E-state index >= 15 is 0 Å². The summed E-state index contributed by atoms with van der Waals surface area (Å²) in [6, 6.07) is 5.70. The summed E-state index contributed by atoms with van der Waals surface area (Å²) in [6.07, 6.45) is 0. The van der Waals surface area contributed by atoms with Crippen molar-refractivity contribution in [2.24, 2.45) is 0 Å². The van der Waals surface area contributed by atoms with Gasteiger partial charge >= 0.3 is 0 Å². The summed E-state index contributed by atoms with van der Waals surface area (Å²) in [4.78, 5) is 0. The number of ether oxygens (including phenoxy) is 2. The number of aliphatic hydroxyl groups is 1. The molecule has 0 fully saturated rings. The molecule has 0 aliphatic rings. The minimum absolute atomic E-state index is 0.0156. The van der Waals surface area contributed by atoms with E-state index in [1.165, 1.54) is 0 Å². The molecule has 1 rings (SSSR count). The van der Waals surface area contributed by atoms with Gasteiger partial charge in [0.2, 0.25) is 0 Å². The molecule has 1 aromatic carbocycles. The quantitative estimate of drug-likeness (QED) is 0.794. The van der Waals surface area contributed by atoms with Crippen LogP contribution >= 0.6 is 0 Å². The van der Waals surface area contributed by atoms with Crippen molar-refractivity contribution >= 4 is 0 Å². The Bertz CT molecular complexity index is 353. The van der Waals surface area contributed by atoms with Crippen LogP contribution in [0.15, 0.2) is 18.2 Å². The Labute approximate surface area is 103 Å². The molecule has 0 saturated heterocycles. The maximum Gasteiger partial charge on any atom is 0.123 e. The van der Waals surface area contributed by atoms with Gasteiger partial charge in [-0.2, -0.15) is 0 Å². The van der Waals surface area contributed by atoms with Crippen molar-refractivity contribution in [3.8, 4) is 11.5 Å². The van der Waals surface area contributed by atoms with E-state index in [1.807, 2.05) is 32.0 Å². The zero-order chi connectivity index (χ0) is 12.8. The van der Waals surface area contributed by atoms with Gasteiger partial charge in [0.1, 0.15) is 11.5 Å². The highest BCUT2D eigenvalue weighted by Gasteiger charge is 2.16. The minimum atomic E-state index is -0.153. The van der Waals surface area contributed by atoms with E-state index in [-0.39, 0.29) is 18.7 Å². The molecule has 0 saturated carbocycles. The molecule has 17 heavy (non-hydrogen) atoms. The van der Waals surface area contributed by atoms with Gasteiger partial charge in [0, 0.05) is 11.6 Å². The second-order valence-electron chi connectivity index (χ2n) is 4.16. The second-order valence-corrected chi connectivity index (χ2v) is 4.16. The van der Waals surface area contributed by atoms with Gasteiger partial charge in [-0.05, 0) is 18.2 Å². The summed E-state index contributed by atoms with van der Waals surface area (Å²) in [6.45, 7) is 4.09. The van der Waals surface area contributed by atoms with Gasteiger partial charge in [-0.25, -0.2) is 0 Å². The summed E-state index contributed by atoms with van der Waals surface area (Å²) >= 11 is 0. The molecule has 4 nitrogen and oxygen atoms in total. The number of hydrogen-bond donors (Lipinski definition) is 2. The molecular weight excluding hydrogens is 218 g/mol. The van der Waals surface area contributed by atoms with Gasteiger partial charge in [0.25, 0.3) is 0 Å². The first-order valence-corrected chi connectivity index (χ1v) is 5.71. The van der Waals surface area contributed by atoms with E-state index in [0.29, 0.717) is 0 Å². The first-order chi connectivity index (χ1) is 8.12. The highest BCUT2D eigenvalue weighted by Crippen LogP contribution is 2.29. The van der Waals surface area contributed by atoms with E-state index in [0.717, 1.165) is 17.1 Å². The standard InChI is InChI=1S/C13H21NO3/c1-9(2)14-12(8-15)11-7-10(16-3)5-6-13(11)17-4/h5-7,9,12,14-15H,8H2,1-4H3. The predicted octanol–water partition coefficient (Wildman–Crippen LogP) is 1.74. The molecule has 4 heteroatoms. The molecule has 1 aromatic rings. The summed E-state index contributed by atoms with van der Waals surface area (Å²) in [5, 5.41) is 12.7. The number of methoxy groups -OCH3 is 2. The minimum Gasteiger partial charge on any atom is -0.497 e. The highest BCUT2D eigenvalue weighted by atomic mass is 16.5. The van der Waals surface area contributed by atoms with Gasteiger partial charge in [0.05, 0.1) is 26.9 Å². The van der Waals surface area contributed by atoms with Crippen LogP contribution in [-0.2, 0) is 0 Å². The van der Waals surface area contributed by atoms with Gasteiger partial charge in [-0.3, -0.25) is 0 Å². The largest absolute Gasteiger partial charge is 0.497 e. The summed E-state index contributed by atoms with van der Waals surface area (Å²) < 4.78 is 10.5. The Morgan fingerprint density at radius 1 is 1.24 bits per heavy atom. The molecule has 2 N–H and O–H groups in total. The Morgan fingerprint density at radius 3 is 2.41 bits per heavy atom. The molecule has 1 unspecified atom stereocenters. The molecule has 0 spiro atoms. The molecule has 0 aliphatic carbocycles. The SMILES string of the molecule is COc1ccc(OC)c(C(CO)NC(C)C)c1. The first-order valence-electron chi connectivity index (χ1n) is 5.71. The smallest absolute Gasteiger partial charge is 0.123 e. The fraction of sp³-hybridized carbons (Fsp3) is 0.538. The number of nitrogens with one attached hydrogen (secondary N) is 1. The summed E-state index contributed by atoms with van der Waals surface area (Å²) in [7, 11) is 3.24. The third-order valence-corrected chi connectivity index (χ3v) is 2.53. The van der Waals surface area contributed by atoms with Crippen LogP contribution < -0.4 is 14.8 Å². The van der Waals surface area contributed by atoms with Crippen molar-refractivity contribution in [2.45, 2.75) is 25.9 Å². The first kappa shape index (κ1) is 13.8. The van der Waals surface area contributed by atoms with Crippen LogP contribution in [0.2, 0.25) is 0 Å². The zero-order valence-corrected chi connectivity index (χ0v) is 10.9. The van der Waals surface area contributed by atoms with E-state index < -0.39 is 0 Å². The van der Waals surface area contributed by atoms with Gasteiger partial charge in [-0.15, -0.1) is 0 Å². The molecule has 0 aromatic heterocycles. The lowest BCUT2D eigenvalue weighted by Crippen LogP contribution is -2.30. The molecule has 1 atom stereocenters. The van der Waals surface area contributed by atoms with Gasteiger partial charge < -0.3 is 19.9 Å². The molecule has 0 radical (unpaired) electrons. The van der Waals surface area contributed by atoms with Crippen molar-refractivity contribution in [3.63, 3.8) is 0 Å². The van der Waals surface area contributed by atoms with Crippen LogP contribution in [-0.4, -0.2) is 32.0 Å². The topological polar surface area (TPSA) is 50.7 Å². The maximum atomic E-state index is 9.45. The Hall–Kier alpha value is -1.26. The lowest BCUT2D eigenvalue weighted by molar-refractivity contribution is 0.233. The van der Waals surface area contributed by atoms with Crippen molar-refractivity contribution in [2.75, 3.05) is 20.8 Å². The Balaban J connectivity index is 3.05.